The summed E-state index contributed by atoms with van der Waals surface area (Å²) in [6.07, 6.45) is 1.18. The van der Waals surface area contributed by atoms with E-state index in [1.165, 1.54) is 11.1 Å². The molecule has 1 N–H and O–H groups in total. The molecule has 0 atom stereocenters. The number of hydrogen-bond acceptors (Lipinski definition) is 1. The lowest BCUT2D eigenvalue weighted by atomic mass is 10.2. The first-order valence-corrected chi connectivity index (χ1v) is 4.02. The van der Waals surface area contributed by atoms with E-state index in [0.29, 0.717) is 0 Å². The standard InChI is InChI=1S/C8H5BrF2O/c9-4-3-5-6(10)1-2-7(12)8(5)11/h1-4,12H/b4-3+. The highest BCUT2D eigenvalue weighted by Crippen LogP contribution is 2.23. The molecule has 0 aliphatic rings. The van der Waals surface area contributed by atoms with Crippen LogP contribution in [0.1, 0.15) is 5.56 Å². The van der Waals surface area contributed by atoms with E-state index in [-0.39, 0.29) is 5.56 Å². The molecule has 0 unspecified atom stereocenters. The zero-order valence-electron chi connectivity index (χ0n) is 5.89. The molecule has 0 amide bonds. The average Bonchev–Trinajstić information content (AvgIpc) is 2.06. The fourth-order valence-corrected chi connectivity index (χ4v) is 1.04. The van der Waals surface area contributed by atoms with Gasteiger partial charge in [0.1, 0.15) is 5.82 Å². The Labute approximate surface area is 76.5 Å². The summed E-state index contributed by atoms with van der Waals surface area (Å²) >= 11 is 2.88. The first-order chi connectivity index (χ1) is 5.66. The van der Waals surface area contributed by atoms with Crippen molar-refractivity contribution in [3.05, 3.63) is 34.3 Å². The molecule has 0 heterocycles. The van der Waals surface area contributed by atoms with Crippen LogP contribution in [0.5, 0.6) is 5.75 Å². The molecule has 0 bridgehead atoms. The quantitative estimate of drug-likeness (QED) is 0.793. The first kappa shape index (κ1) is 9.19. The van der Waals surface area contributed by atoms with Gasteiger partial charge >= 0.3 is 0 Å². The van der Waals surface area contributed by atoms with Gasteiger partial charge in [-0.2, -0.15) is 0 Å². The van der Waals surface area contributed by atoms with Crippen molar-refractivity contribution >= 4 is 22.0 Å². The highest BCUT2D eigenvalue weighted by Gasteiger charge is 2.09. The SMILES string of the molecule is Oc1ccc(F)c(/C=C/Br)c1F. The lowest BCUT2D eigenvalue weighted by Crippen LogP contribution is -1.88. The second-order valence-corrected chi connectivity index (χ2v) is 2.62. The summed E-state index contributed by atoms with van der Waals surface area (Å²) in [5.74, 6) is -2.22. The van der Waals surface area contributed by atoms with Crippen molar-refractivity contribution in [1.82, 2.24) is 0 Å². The maximum absolute atomic E-state index is 12.9. The Morgan fingerprint density at radius 3 is 2.58 bits per heavy atom. The number of halogens is 3. The Morgan fingerprint density at radius 2 is 2.00 bits per heavy atom. The van der Waals surface area contributed by atoms with Gasteiger partial charge in [-0.25, -0.2) is 8.78 Å². The van der Waals surface area contributed by atoms with Gasteiger partial charge in [-0.05, 0) is 23.2 Å². The van der Waals surface area contributed by atoms with Gasteiger partial charge in [-0.3, -0.25) is 0 Å². The van der Waals surface area contributed by atoms with Gasteiger partial charge in [0.15, 0.2) is 11.6 Å². The van der Waals surface area contributed by atoms with Gasteiger partial charge in [-0.15, -0.1) is 0 Å². The van der Waals surface area contributed by atoms with Crippen LogP contribution in [0.3, 0.4) is 0 Å². The van der Waals surface area contributed by atoms with E-state index in [9.17, 15) is 8.78 Å². The zero-order chi connectivity index (χ0) is 9.14. The van der Waals surface area contributed by atoms with Crippen LogP contribution in [0.15, 0.2) is 17.1 Å². The largest absolute Gasteiger partial charge is 0.505 e. The predicted octanol–water partition coefficient (Wildman–Crippen LogP) is 3.04. The van der Waals surface area contributed by atoms with E-state index in [4.69, 9.17) is 5.11 Å². The van der Waals surface area contributed by atoms with Crippen molar-refractivity contribution in [2.75, 3.05) is 0 Å². The maximum Gasteiger partial charge on any atom is 0.174 e. The van der Waals surface area contributed by atoms with Crippen LogP contribution in [0.2, 0.25) is 0 Å². The summed E-state index contributed by atoms with van der Waals surface area (Å²) in [5, 5.41) is 8.86. The minimum atomic E-state index is -0.953. The van der Waals surface area contributed by atoms with Crippen molar-refractivity contribution in [1.29, 1.82) is 0 Å². The topological polar surface area (TPSA) is 20.2 Å². The molecule has 0 saturated heterocycles. The summed E-state index contributed by atoms with van der Waals surface area (Å²) in [5.41, 5.74) is -0.258. The molecule has 0 radical (unpaired) electrons. The smallest absolute Gasteiger partial charge is 0.174 e. The van der Waals surface area contributed by atoms with E-state index < -0.39 is 17.4 Å². The van der Waals surface area contributed by atoms with Gasteiger partial charge < -0.3 is 5.11 Å². The molecule has 12 heavy (non-hydrogen) atoms. The number of phenols is 1. The van der Waals surface area contributed by atoms with E-state index in [2.05, 4.69) is 15.9 Å². The Hall–Kier alpha value is -0.900. The molecule has 0 aliphatic carbocycles. The van der Waals surface area contributed by atoms with Gasteiger partial charge in [0.2, 0.25) is 0 Å². The predicted molar refractivity (Wildman–Crippen MR) is 46.0 cm³/mol. The van der Waals surface area contributed by atoms with Crippen molar-refractivity contribution in [2.45, 2.75) is 0 Å². The minimum absolute atomic E-state index is 0.258. The highest BCUT2D eigenvalue weighted by atomic mass is 79.9. The lowest BCUT2D eigenvalue weighted by Gasteiger charge is -2.00. The van der Waals surface area contributed by atoms with E-state index in [0.717, 1.165) is 12.1 Å². The van der Waals surface area contributed by atoms with Crippen molar-refractivity contribution in [2.24, 2.45) is 0 Å². The van der Waals surface area contributed by atoms with Crippen LogP contribution in [0.4, 0.5) is 8.78 Å². The second-order valence-electron chi connectivity index (χ2n) is 2.09. The van der Waals surface area contributed by atoms with E-state index >= 15 is 0 Å². The second kappa shape index (κ2) is 3.67. The molecular weight excluding hydrogens is 230 g/mol. The molecule has 1 aromatic rings. The summed E-state index contributed by atoms with van der Waals surface area (Å²) < 4.78 is 25.7. The highest BCUT2D eigenvalue weighted by molar-refractivity contribution is 9.11. The summed E-state index contributed by atoms with van der Waals surface area (Å²) in [4.78, 5) is 1.31. The number of aromatic hydroxyl groups is 1. The van der Waals surface area contributed by atoms with Gasteiger partial charge in [0, 0.05) is 0 Å². The van der Waals surface area contributed by atoms with Crippen molar-refractivity contribution in [3.8, 4) is 5.75 Å². The van der Waals surface area contributed by atoms with Crippen molar-refractivity contribution < 1.29 is 13.9 Å². The monoisotopic (exact) mass is 234 g/mol. The van der Waals surface area contributed by atoms with Gasteiger partial charge in [-0.1, -0.05) is 15.9 Å². The van der Waals surface area contributed by atoms with E-state index in [1.54, 1.807) is 0 Å². The fraction of sp³-hybridized carbons (Fsp3) is 0. The number of phenolic OH excluding ortho intramolecular Hbond substituents is 1. The van der Waals surface area contributed by atoms with Crippen LogP contribution in [-0.2, 0) is 0 Å². The van der Waals surface area contributed by atoms with Crippen LogP contribution in [0, 0.1) is 11.6 Å². The van der Waals surface area contributed by atoms with Crippen molar-refractivity contribution in [3.63, 3.8) is 0 Å². The Morgan fingerprint density at radius 1 is 1.33 bits per heavy atom. The van der Waals surface area contributed by atoms with Crippen LogP contribution in [0.25, 0.3) is 6.08 Å². The summed E-state index contributed by atoms with van der Waals surface area (Å²) in [6, 6.07) is 1.97. The number of hydrogen-bond donors (Lipinski definition) is 1. The van der Waals surface area contributed by atoms with E-state index in [1.807, 2.05) is 0 Å². The van der Waals surface area contributed by atoms with Crippen LogP contribution >= 0.6 is 15.9 Å². The molecule has 1 nitrogen and oxygen atoms in total. The molecule has 0 spiro atoms. The average molecular weight is 235 g/mol. The molecule has 0 aliphatic heterocycles. The Bertz CT molecular complexity index is 323. The normalized spacial score (nSPS) is 10.9. The molecule has 1 rings (SSSR count). The Balaban J connectivity index is 3.32. The molecule has 1 aromatic carbocycles. The van der Waals surface area contributed by atoms with Crippen LogP contribution in [-0.4, -0.2) is 5.11 Å². The third kappa shape index (κ3) is 1.64. The maximum atomic E-state index is 12.9. The zero-order valence-corrected chi connectivity index (χ0v) is 7.48. The summed E-state index contributed by atoms with van der Waals surface area (Å²) in [6.45, 7) is 0. The summed E-state index contributed by atoms with van der Waals surface area (Å²) in [7, 11) is 0. The van der Waals surface area contributed by atoms with Crippen LogP contribution < -0.4 is 0 Å². The lowest BCUT2D eigenvalue weighted by molar-refractivity contribution is 0.427. The minimum Gasteiger partial charge on any atom is -0.505 e. The first-order valence-electron chi connectivity index (χ1n) is 3.10. The number of rotatable bonds is 1. The third-order valence-corrected chi connectivity index (χ3v) is 1.60. The fourth-order valence-electron chi connectivity index (χ4n) is 0.774. The molecule has 0 saturated carbocycles. The molecule has 0 aromatic heterocycles. The molecule has 0 fully saturated rings. The molecule has 64 valence electrons. The van der Waals surface area contributed by atoms with Gasteiger partial charge in [0.25, 0.3) is 0 Å². The Kier molecular flexibility index (Phi) is 2.81. The number of benzene rings is 1. The molecular formula is C8H5BrF2O. The van der Waals surface area contributed by atoms with Gasteiger partial charge in [0.05, 0.1) is 5.56 Å². The third-order valence-electron chi connectivity index (χ3n) is 1.34. The molecule has 4 heteroatoms.